The van der Waals surface area contributed by atoms with Crippen molar-refractivity contribution in [2.75, 3.05) is 12.5 Å². The van der Waals surface area contributed by atoms with Crippen molar-refractivity contribution >= 4 is 123 Å². The van der Waals surface area contributed by atoms with Gasteiger partial charge in [-0.1, -0.05) is 46.4 Å². The van der Waals surface area contributed by atoms with Crippen LogP contribution in [0.1, 0.15) is 31.8 Å². The maximum atomic E-state index is 11.9. The SMILES string of the molecule is CS(=O)(=O)c1ccc(C(=O)Cl)c(Cl)c1Cn1cc(Cl)cn1.CS(=O)(=O)c1ccc(C(=O)O)c(Cl)c1Cn1cc(Cl)cn1.O=C(Cl)C(=O)Cl. The Kier molecular flexibility index (Phi) is 14.9. The number of benzene rings is 2. The molecule has 4 aromatic rings. The Labute approximate surface area is 308 Å². The molecule has 2 aromatic heterocycles. The van der Waals surface area contributed by atoms with Crippen LogP contribution in [-0.2, 0) is 42.4 Å². The summed E-state index contributed by atoms with van der Waals surface area (Å²) in [6.45, 7) is 0.0427. The van der Waals surface area contributed by atoms with Crippen molar-refractivity contribution in [3.8, 4) is 0 Å². The molecule has 0 bridgehead atoms. The van der Waals surface area contributed by atoms with Crippen molar-refractivity contribution in [1.29, 1.82) is 0 Å². The maximum Gasteiger partial charge on any atom is 0.337 e. The van der Waals surface area contributed by atoms with Crippen LogP contribution in [0.5, 0.6) is 0 Å². The zero-order valence-corrected chi connectivity index (χ0v) is 30.9. The molecular weight excluding hydrogens is 825 g/mol. The summed E-state index contributed by atoms with van der Waals surface area (Å²) in [6.07, 6.45) is 7.87. The van der Waals surface area contributed by atoms with Crippen molar-refractivity contribution < 1.29 is 41.1 Å². The van der Waals surface area contributed by atoms with Crippen LogP contribution in [0.3, 0.4) is 0 Å². The van der Waals surface area contributed by atoms with E-state index in [1.165, 1.54) is 58.4 Å². The highest BCUT2D eigenvalue weighted by Gasteiger charge is 2.23. The minimum absolute atomic E-state index is 0.00488. The van der Waals surface area contributed by atoms with E-state index in [2.05, 4.69) is 33.4 Å². The summed E-state index contributed by atoms with van der Waals surface area (Å²) >= 11 is 38.1. The summed E-state index contributed by atoms with van der Waals surface area (Å²) in [6, 6.07) is 4.98. The number of carboxylic acids is 1. The lowest BCUT2D eigenvalue weighted by Crippen LogP contribution is -2.11. The summed E-state index contributed by atoms with van der Waals surface area (Å²) in [5.41, 5.74) is 0.278. The lowest BCUT2D eigenvalue weighted by Gasteiger charge is -2.12. The lowest BCUT2D eigenvalue weighted by molar-refractivity contribution is -0.127. The van der Waals surface area contributed by atoms with Gasteiger partial charge in [0, 0.05) is 36.0 Å². The number of nitrogens with zero attached hydrogens (tertiary/aromatic N) is 4. The van der Waals surface area contributed by atoms with Crippen LogP contribution < -0.4 is 0 Å². The predicted octanol–water partition coefficient (Wildman–Crippen LogP) is 5.88. The standard InChI is InChI=1S/C12H9Cl3N2O3S.C12H10Cl2N2O4S.C2Cl2O2/c1-21(19,20)10-3-2-8(12(15)18)11(14)9(10)6-17-5-7(13)4-16-17;1-21(19,20)10-3-2-8(12(17)18)11(14)9(10)6-16-5-7(13)4-15-16;3-1(5)2(4)6/h2-5H,6H2,1H3;2-5H,6H2,1H3,(H,17,18);. The number of sulfone groups is 2. The second kappa shape index (κ2) is 17.3. The van der Waals surface area contributed by atoms with Gasteiger partial charge in [-0.25, -0.2) is 21.6 Å². The first-order valence-electron chi connectivity index (χ1n) is 12.3. The largest absolute Gasteiger partial charge is 0.478 e. The van der Waals surface area contributed by atoms with Crippen molar-refractivity contribution in [2.45, 2.75) is 22.9 Å². The molecule has 0 radical (unpaired) electrons. The molecular formula is C26H19Cl7N4O9S2. The van der Waals surface area contributed by atoms with E-state index in [1.807, 2.05) is 0 Å². The van der Waals surface area contributed by atoms with Crippen LogP contribution in [0, 0.1) is 0 Å². The Morgan fingerprint density at radius 1 is 0.667 bits per heavy atom. The highest BCUT2D eigenvalue weighted by molar-refractivity contribution is 7.91. The van der Waals surface area contributed by atoms with E-state index in [0.717, 1.165) is 12.5 Å². The van der Waals surface area contributed by atoms with Gasteiger partial charge in [-0.2, -0.15) is 10.2 Å². The van der Waals surface area contributed by atoms with Crippen molar-refractivity contribution in [1.82, 2.24) is 19.6 Å². The van der Waals surface area contributed by atoms with Crippen LogP contribution in [0.2, 0.25) is 20.1 Å². The number of rotatable bonds is 9. The average molecular weight is 844 g/mol. The summed E-state index contributed by atoms with van der Waals surface area (Å²) in [4.78, 5) is 41.3. The Hall–Kier alpha value is -2.73. The monoisotopic (exact) mass is 840 g/mol. The zero-order valence-electron chi connectivity index (χ0n) is 24.0. The summed E-state index contributed by atoms with van der Waals surface area (Å²) in [7, 11) is -7.09. The number of carbonyl (C=O) groups excluding carboxylic acids is 3. The zero-order chi connectivity index (χ0) is 36.7. The number of hydrogen-bond acceptors (Lipinski definition) is 10. The van der Waals surface area contributed by atoms with Gasteiger partial charge in [0.1, 0.15) is 0 Å². The summed E-state index contributed by atoms with van der Waals surface area (Å²) < 4.78 is 50.1. The Balaban J connectivity index is 0.000000286. The molecule has 0 aliphatic rings. The molecule has 0 saturated carbocycles. The second-order valence-corrected chi connectivity index (χ2v) is 15.8. The van der Waals surface area contributed by atoms with E-state index < -0.39 is 41.4 Å². The van der Waals surface area contributed by atoms with Crippen LogP contribution in [0.25, 0.3) is 0 Å². The van der Waals surface area contributed by atoms with Crippen molar-refractivity contribution in [2.24, 2.45) is 0 Å². The van der Waals surface area contributed by atoms with Crippen LogP contribution >= 0.6 is 81.2 Å². The van der Waals surface area contributed by atoms with Crippen molar-refractivity contribution in [3.63, 3.8) is 0 Å². The number of aromatic carboxylic acids is 1. The number of halogens is 7. The maximum absolute atomic E-state index is 11.9. The number of carboxylic acid groups (broad SMARTS) is 1. The Bertz CT molecular complexity index is 1970. The Morgan fingerprint density at radius 3 is 1.29 bits per heavy atom. The minimum Gasteiger partial charge on any atom is -0.478 e. The van der Waals surface area contributed by atoms with Crippen LogP contribution in [0.4, 0.5) is 0 Å². The van der Waals surface area contributed by atoms with Crippen LogP contribution in [-0.4, -0.2) is 75.7 Å². The number of carbonyl (C=O) groups is 4. The van der Waals surface area contributed by atoms with Gasteiger partial charge in [-0.15, -0.1) is 0 Å². The van der Waals surface area contributed by atoms with Gasteiger partial charge in [-0.05, 0) is 59.1 Å². The van der Waals surface area contributed by atoms with Gasteiger partial charge in [0.05, 0.1) is 66.5 Å². The quantitative estimate of drug-likeness (QED) is 0.156. The number of aromatic nitrogens is 4. The fraction of sp³-hybridized carbons (Fsp3) is 0.154. The first kappa shape index (κ1) is 41.4. The molecule has 48 heavy (non-hydrogen) atoms. The van der Waals surface area contributed by atoms with E-state index >= 15 is 0 Å². The third-order valence-corrected chi connectivity index (χ3v) is 9.90. The minimum atomic E-state index is -3.56. The molecule has 0 amide bonds. The normalized spacial score (nSPS) is 11.1. The van der Waals surface area contributed by atoms with E-state index in [9.17, 15) is 36.0 Å². The Morgan fingerprint density at radius 2 is 1.02 bits per heavy atom. The molecule has 22 heteroatoms. The molecule has 2 aromatic carbocycles. The van der Waals surface area contributed by atoms with E-state index in [4.69, 9.17) is 63.1 Å². The molecule has 0 unspecified atom stereocenters. The van der Waals surface area contributed by atoms with E-state index in [-0.39, 0.29) is 55.2 Å². The number of hydrogen-bond donors (Lipinski definition) is 1. The third kappa shape index (κ3) is 11.7. The third-order valence-electron chi connectivity index (χ3n) is 5.64. The molecule has 0 saturated heterocycles. The fourth-order valence-electron chi connectivity index (χ4n) is 3.69. The summed E-state index contributed by atoms with van der Waals surface area (Å²) in [5.74, 6) is -1.24. The first-order chi connectivity index (χ1) is 22.0. The molecule has 2 heterocycles. The van der Waals surface area contributed by atoms with Gasteiger partial charge in [0.15, 0.2) is 19.7 Å². The van der Waals surface area contributed by atoms with Gasteiger partial charge < -0.3 is 5.11 Å². The molecule has 258 valence electrons. The molecule has 1 N–H and O–H groups in total. The lowest BCUT2D eigenvalue weighted by atomic mass is 10.1. The smallest absolute Gasteiger partial charge is 0.337 e. The topological polar surface area (TPSA) is 192 Å². The van der Waals surface area contributed by atoms with Gasteiger partial charge in [0.2, 0.25) is 0 Å². The molecule has 4 rings (SSSR count). The molecule has 0 aliphatic heterocycles. The summed E-state index contributed by atoms with van der Waals surface area (Å²) in [5, 5.41) is 14.6. The molecule has 0 fully saturated rings. The second-order valence-electron chi connectivity index (χ2n) is 9.19. The van der Waals surface area contributed by atoms with Gasteiger partial charge in [-0.3, -0.25) is 23.7 Å². The van der Waals surface area contributed by atoms with Crippen LogP contribution in [0.15, 0.2) is 58.8 Å². The predicted molar refractivity (Wildman–Crippen MR) is 181 cm³/mol. The highest BCUT2D eigenvalue weighted by atomic mass is 35.5. The average Bonchev–Trinajstić information content (AvgIpc) is 3.56. The van der Waals surface area contributed by atoms with Gasteiger partial charge >= 0.3 is 16.5 Å². The van der Waals surface area contributed by atoms with E-state index in [1.54, 1.807) is 0 Å². The molecule has 0 aliphatic carbocycles. The highest BCUT2D eigenvalue weighted by Crippen LogP contribution is 2.31. The first-order valence-corrected chi connectivity index (χ1v) is 18.7. The fourth-order valence-corrected chi connectivity index (χ4v) is 6.79. The van der Waals surface area contributed by atoms with Gasteiger partial charge in [0.25, 0.3) is 5.24 Å². The molecule has 13 nitrogen and oxygen atoms in total. The molecule has 0 spiro atoms. The molecule has 0 atom stereocenters. The van der Waals surface area contributed by atoms with E-state index in [0.29, 0.717) is 10.0 Å². The van der Waals surface area contributed by atoms with Crippen molar-refractivity contribution in [3.05, 3.63) is 91.4 Å².